The molecular formula is C19H18N4O4S. The van der Waals surface area contributed by atoms with Gasteiger partial charge >= 0.3 is 0 Å². The largest absolute Gasteiger partial charge is 0.378 e. The molecule has 0 unspecified atom stereocenters. The number of nitro benzene ring substituents is 1. The second-order valence-electron chi connectivity index (χ2n) is 6.45. The number of fused-ring (bicyclic) bond motifs is 1. The zero-order valence-electron chi connectivity index (χ0n) is 15.2. The van der Waals surface area contributed by atoms with E-state index >= 15 is 0 Å². The summed E-state index contributed by atoms with van der Waals surface area (Å²) in [4.78, 5) is 29.3. The maximum Gasteiger partial charge on any atom is 0.293 e. The van der Waals surface area contributed by atoms with Gasteiger partial charge in [-0.1, -0.05) is 11.3 Å². The fourth-order valence-electron chi connectivity index (χ4n) is 3.04. The molecule has 0 saturated carbocycles. The van der Waals surface area contributed by atoms with Gasteiger partial charge in [-0.05, 0) is 37.3 Å². The molecule has 9 heteroatoms. The third kappa shape index (κ3) is 3.67. The summed E-state index contributed by atoms with van der Waals surface area (Å²) in [6.07, 6.45) is 0. The average Bonchev–Trinajstić information content (AvgIpc) is 3.12. The summed E-state index contributed by atoms with van der Waals surface area (Å²) >= 11 is 1.59. The van der Waals surface area contributed by atoms with E-state index in [2.05, 4.69) is 15.2 Å². The minimum absolute atomic E-state index is 0.133. The molecule has 4 rings (SSSR count). The zero-order chi connectivity index (χ0) is 19.7. The fourth-order valence-corrected chi connectivity index (χ4v) is 4.10. The monoisotopic (exact) mass is 398 g/mol. The van der Waals surface area contributed by atoms with Gasteiger partial charge in [-0.25, -0.2) is 4.98 Å². The number of ketones is 1. The number of carbonyl (C=O) groups excluding carboxylic acids is 1. The van der Waals surface area contributed by atoms with Crippen LogP contribution in [0.3, 0.4) is 0 Å². The molecule has 0 amide bonds. The first-order valence-electron chi connectivity index (χ1n) is 8.81. The third-order valence-electron chi connectivity index (χ3n) is 4.54. The van der Waals surface area contributed by atoms with Crippen molar-refractivity contribution in [1.82, 2.24) is 4.98 Å². The van der Waals surface area contributed by atoms with Crippen LogP contribution >= 0.6 is 11.3 Å². The predicted octanol–water partition coefficient (Wildman–Crippen LogP) is 3.99. The van der Waals surface area contributed by atoms with E-state index in [0.717, 1.165) is 34.1 Å². The summed E-state index contributed by atoms with van der Waals surface area (Å²) in [6.45, 7) is 4.42. The number of benzene rings is 2. The van der Waals surface area contributed by atoms with Gasteiger partial charge in [0.25, 0.3) is 5.69 Å². The third-order valence-corrected chi connectivity index (χ3v) is 5.62. The summed E-state index contributed by atoms with van der Waals surface area (Å²) in [5, 5.41) is 15.5. The first kappa shape index (κ1) is 18.3. The number of ether oxygens (including phenoxy) is 1. The maximum atomic E-state index is 11.5. The van der Waals surface area contributed by atoms with E-state index in [0.29, 0.717) is 24.5 Å². The van der Waals surface area contributed by atoms with Crippen molar-refractivity contribution in [2.45, 2.75) is 6.92 Å². The van der Waals surface area contributed by atoms with Gasteiger partial charge in [-0.2, -0.15) is 0 Å². The van der Waals surface area contributed by atoms with Crippen molar-refractivity contribution in [3.8, 4) is 0 Å². The predicted molar refractivity (Wildman–Crippen MR) is 109 cm³/mol. The summed E-state index contributed by atoms with van der Waals surface area (Å²) < 4.78 is 6.38. The number of morpholine rings is 1. The summed E-state index contributed by atoms with van der Waals surface area (Å²) in [7, 11) is 0. The van der Waals surface area contributed by atoms with Crippen molar-refractivity contribution in [2.24, 2.45) is 0 Å². The molecule has 0 spiro atoms. The summed E-state index contributed by atoms with van der Waals surface area (Å²) in [5.41, 5.74) is 2.13. The summed E-state index contributed by atoms with van der Waals surface area (Å²) in [6, 6.07) is 10.1. The van der Waals surface area contributed by atoms with Crippen molar-refractivity contribution in [2.75, 3.05) is 36.5 Å². The van der Waals surface area contributed by atoms with Gasteiger partial charge in [0.15, 0.2) is 10.9 Å². The van der Waals surface area contributed by atoms with Gasteiger partial charge in [0.1, 0.15) is 5.69 Å². The minimum atomic E-state index is -0.490. The van der Waals surface area contributed by atoms with Gasteiger partial charge in [-0.3, -0.25) is 14.9 Å². The Balaban J connectivity index is 1.63. The molecular weight excluding hydrogens is 380 g/mol. The quantitative estimate of drug-likeness (QED) is 0.394. The molecule has 0 aliphatic carbocycles. The first-order valence-corrected chi connectivity index (χ1v) is 9.62. The molecule has 0 bridgehead atoms. The number of Topliss-reactive ketones (excluding diaryl/α,β-unsaturated/α-hetero) is 1. The molecule has 28 heavy (non-hydrogen) atoms. The number of hydrogen-bond acceptors (Lipinski definition) is 8. The molecule has 1 saturated heterocycles. The molecule has 1 aliphatic heterocycles. The van der Waals surface area contributed by atoms with E-state index in [4.69, 9.17) is 4.74 Å². The minimum Gasteiger partial charge on any atom is -0.378 e. The van der Waals surface area contributed by atoms with Gasteiger partial charge in [0, 0.05) is 30.4 Å². The lowest BCUT2D eigenvalue weighted by Crippen LogP contribution is -2.36. The van der Waals surface area contributed by atoms with Gasteiger partial charge < -0.3 is 15.0 Å². The van der Waals surface area contributed by atoms with Crippen molar-refractivity contribution in [3.63, 3.8) is 0 Å². The van der Waals surface area contributed by atoms with Crippen molar-refractivity contribution in [1.29, 1.82) is 0 Å². The maximum absolute atomic E-state index is 11.5. The van der Waals surface area contributed by atoms with E-state index in [1.165, 1.54) is 13.0 Å². The number of nitro groups is 1. The Morgan fingerprint density at radius 3 is 2.75 bits per heavy atom. The zero-order valence-corrected chi connectivity index (χ0v) is 16.0. The Morgan fingerprint density at radius 1 is 1.25 bits per heavy atom. The lowest BCUT2D eigenvalue weighted by Gasteiger charge is -2.25. The van der Waals surface area contributed by atoms with E-state index in [1.54, 1.807) is 23.5 Å². The number of nitrogens with one attached hydrogen (secondary N) is 1. The molecule has 1 N–H and O–H groups in total. The Morgan fingerprint density at radius 2 is 2.04 bits per heavy atom. The van der Waals surface area contributed by atoms with Crippen LogP contribution in [0.4, 0.5) is 22.2 Å². The first-order chi connectivity index (χ1) is 13.5. The number of carbonyl (C=O) groups is 1. The van der Waals surface area contributed by atoms with Gasteiger partial charge in [-0.15, -0.1) is 0 Å². The molecule has 0 atom stereocenters. The van der Waals surface area contributed by atoms with Crippen LogP contribution in [-0.2, 0) is 4.74 Å². The average molecular weight is 398 g/mol. The highest BCUT2D eigenvalue weighted by molar-refractivity contribution is 7.22. The van der Waals surface area contributed by atoms with Gasteiger partial charge in [0.05, 0.1) is 28.4 Å². The number of hydrogen-bond donors (Lipinski definition) is 1. The standard InChI is InChI=1S/C19H18N4O4S/c1-12(24)13-2-4-15(17(10-13)23(25)26)20-14-3-5-16-18(11-14)28-19(21-16)22-6-8-27-9-7-22/h2-5,10-11,20H,6-9H2,1H3. The molecule has 8 nitrogen and oxygen atoms in total. The second kappa shape index (κ2) is 7.53. The van der Waals surface area contributed by atoms with Crippen LogP contribution in [0.5, 0.6) is 0 Å². The molecule has 3 aromatic rings. The summed E-state index contributed by atoms with van der Waals surface area (Å²) in [5.74, 6) is -0.212. The van der Waals surface area contributed by atoms with E-state index < -0.39 is 4.92 Å². The second-order valence-corrected chi connectivity index (χ2v) is 7.46. The molecule has 1 fully saturated rings. The SMILES string of the molecule is CC(=O)c1ccc(Nc2ccc3nc(N4CCOCC4)sc3c2)c([N+](=O)[O-])c1. The van der Waals surface area contributed by atoms with E-state index in [-0.39, 0.29) is 11.5 Å². The van der Waals surface area contributed by atoms with Crippen molar-refractivity contribution >= 4 is 49.5 Å². The van der Waals surface area contributed by atoms with Crippen molar-refractivity contribution < 1.29 is 14.5 Å². The van der Waals surface area contributed by atoms with Crippen LogP contribution < -0.4 is 10.2 Å². The number of anilines is 3. The highest BCUT2D eigenvalue weighted by Crippen LogP contribution is 2.34. The van der Waals surface area contributed by atoms with Crippen LogP contribution in [0.1, 0.15) is 17.3 Å². The lowest BCUT2D eigenvalue weighted by atomic mass is 10.1. The topological polar surface area (TPSA) is 97.6 Å². The number of nitrogens with zero attached hydrogens (tertiary/aromatic N) is 3. The molecule has 1 aromatic heterocycles. The molecule has 0 radical (unpaired) electrons. The van der Waals surface area contributed by atoms with Crippen LogP contribution in [0, 0.1) is 10.1 Å². The fraction of sp³-hybridized carbons (Fsp3) is 0.263. The Hall–Kier alpha value is -3.04. The van der Waals surface area contributed by atoms with Crippen LogP contribution in [-0.4, -0.2) is 42.0 Å². The number of thiazole rings is 1. The van der Waals surface area contributed by atoms with Crippen LogP contribution in [0.25, 0.3) is 10.2 Å². The Kier molecular flexibility index (Phi) is 4.93. The number of aromatic nitrogens is 1. The van der Waals surface area contributed by atoms with E-state index in [1.807, 2.05) is 18.2 Å². The molecule has 2 heterocycles. The number of rotatable bonds is 5. The lowest BCUT2D eigenvalue weighted by molar-refractivity contribution is -0.383. The molecule has 2 aromatic carbocycles. The molecule has 144 valence electrons. The normalized spacial score (nSPS) is 14.2. The Bertz CT molecular complexity index is 1060. The van der Waals surface area contributed by atoms with Crippen molar-refractivity contribution in [3.05, 3.63) is 52.1 Å². The molecule has 1 aliphatic rings. The highest BCUT2D eigenvalue weighted by atomic mass is 32.1. The van der Waals surface area contributed by atoms with Crippen LogP contribution in [0.2, 0.25) is 0 Å². The van der Waals surface area contributed by atoms with Crippen LogP contribution in [0.15, 0.2) is 36.4 Å². The van der Waals surface area contributed by atoms with E-state index in [9.17, 15) is 14.9 Å². The Labute approximate surface area is 164 Å². The highest BCUT2D eigenvalue weighted by Gasteiger charge is 2.18. The smallest absolute Gasteiger partial charge is 0.293 e. The van der Waals surface area contributed by atoms with Gasteiger partial charge in [0.2, 0.25) is 0 Å².